The molecule has 1 aromatic carbocycles. The van der Waals surface area contributed by atoms with Crippen LogP contribution >= 0.6 is 0 Å². The summed E-state index contributed by atoms with van der Waals surface area (Å²) in [6.07, 6.45) is 4.99. The van der Waals surface area contributed by atoms with Crippen LogP contribution in [0.4, 0.5) is 0 Å². The molecule has 0 atom stereocenters. The minimum atomic E-state index is -0.00520. The fourth-order valence-corrected chi connectivity index (χ4v) is 4.03. The van der Waals surface area contributed by atoms with Crippen molar-refractivity contribution in [1.82, 2.24) is 29.3 Å². The van der Waals surface area contributed by atoms with Gasteiger partial charge in [0.15, 0.2) is 5.65 Å². The summed E-state index contributed by atoms with van der Waals surface area (Å²) in [6.45, 7) is 1.30. The van der Waals surface area contributed by atoms with Gasteiger partial charge in [0.05, 0.1) is 17.0 Å². The number of benzene rings is 1. The van der Waals surface area contributed by atoms with Crippen LogP contribution in [-0.2, 0) is 19.9 Å². The Morgan fingerprint density at radius 2 is 1.86 bits per heavy atom. The molecule has 0 radical (unpaired) electrons. The number of amides is 1. The number of hydrogen-bond acceptors (Lipinski definition) is 4. The molecule has 0 spiro atoms. The third kappa shape index (κ3) is 2.67. The first-order valence-electron chi connectivity index (χ1n) is 9.40. The molecule has 0 bridgehead atoms. The standard InChI is InChI=1S/C21H20N6O/c1-25-19(15-6-3-2-4-7-15)16-9-12-26(13-10-18(16)24-25)21(28)17-8-5-11-27-14-22-23-20(17)27/h2-8,11,14H,9-10,12-13H2,1H3. The van der Waals surface area contributed by atoms with Gasteiger partial charge in [0.2, 0.25) is 0 Å². The van der Waals surface area contributed by atoms with Crippen LogP contribution in [0.1, 0.15) is 21.6 Å². The van der Waals surface area contributed by atoms with Crippen molar-refractivity contribution in [2.75, 3.05) is 13.1 Å². The van der Waals surface area contributed by atoms with Gasteiger partial charge in [0.1, 0.15) is 6.33 Å². The molecule has 1 aliphatic rings. The summed E-state index contributed by atoms with van der Waals surface area (Å²) in [5.41, 5.74) is 5.81. The summed E-state index contributed by atoms with van der Waals surface area (Å²) in [4.78, 5) is 15.1. The molecule has 4 heterocycles. The van der Waals surface area contributed by atoms with Crippen molar-refractivity contribution in [3.63, 3.8) is 0 Å². The minimum absolute atomic E-state index is 0.00520. The fraction of sp³-hybridized carbons (Fsp3) is 0.238. The maximum atomic E-state index is 13.2. The minimum Gasteiger partial charge on any atom is -0.338 e. The van der Waals surface area contributed by atoms with Crippen molar-refractivity contribution in [2.24, 2.45) is 7.05 Å². The van der Waals surface area contributed by atoms with Crippen LogP contribution in [0, 0.1) is 0 Å². The molecule has 7 nitrogen and oxygen atoms in total. The Balaban J connectivity index is 1.45. The highest BCUT2D eigenvalue weighted by Crippen LogP contribution is 2.28. The van der Waals surface area contributed by atoms with E-state index in [-0.39, 0.29) is 5.91 Å². The van der Waals surface area contributed by atoms with Crippen molar-refractivity contribution in [3.05, 3.63) is 71.8 Å². The Bertz CT molecular complexity index is 1160. The molecule has 4 aromatic rings. The number of nitrogens with zero attached hydrogens (tertiary/aromatic N) is 6. The number of rotatable bonds is 2. The topological polar surface area (TPSA) is 68.3 Å². The average molecular weight is 372 g/mol. The molecule has 1 amide bonds. The Labute approximate surface area is 162 Å². The Morgan fingerprint density at radius 3 is 2.71 bits per heavy atom. The second kappa shape index (κ2) is 6.60. The normalized spacial score (nSPS) is 14.1. The Kier molecular flexibility index (Phi) is 3.93. The first-order valence-corrected chi connectivity index (χ1v) is 9.40. The van der Waals surface area contributed by atoms with Gasteiger partial charge in [-0.05, 0) is 18.6 Å². The number of hydrogen-bond donors (Lipinski definition) is 0. The maximum absolute atomic E-state index is 13.2. The van der Waals surface area contributed by atoms with E-state index >= 15 is 0 Å². The number of carbonyl (C=O) groups is 1. The van der Waals surface area contributed by atoms with Gasteiger partial charge in [0.25, 0.3) is 5.91 Å². The first kappa shape index (κ1) is 16.7. The lowest BCUT2D eigenvalue weighted by Crippen LogP contribution is -2.33. The number of carbonyl (C=O) groups excluding carboxylic acids is 1. The van der Waals surface area contributed by atoms with E-state index < -0.39 is 0 Å². The van der Waals surface area contributed by atoms with Gasteiger partial charge in [-0.3, -0.25) is 13.9 Å². The van der Waals surface area contributed by atoms with E-state index in [1.165, 1.54) is 5.56 Å². The molecule has 7 heteroatoms. The predicted molar refractivity (Wildman–Crippen MR) is 105 cm³/mol. The van der Waals surface area contributed by atoms with E-state index in [2.05, 4.69) is 22.3 Å². The van der Waals surface area contributed by atoms with Crippen LogP contribution in [0.5, 0.6) is 0 Å². The van der Waals surface area contributed by atoms with Crippen LogP contribution in [0.2, 0.25) is 0 Å². The third-order valence-electron chi connectivity index (χ3n) is 5.37. The third-order valence-corrected chi connectivity index (χ3v) is 5.37. The van der Waals surface area contributed by atoms with Gasteiger partial charge in [-0.2, -0.15) is 5.10 Å². The van der Waals surface area contributed by atoms with Gasteiger partial charge in [-0.25, -0.2) is 0 Å². The van der Waals surface area contributed by atoms with Crippen molar-refractivity contribution in [3.8, 4) is 11.3 Å². The number of aromatic nitrogens is 5. The van der Waals surface area contributed by atoms with Crippen molar-refractivity contribution < 1.29 is 4.79 Å². The lowest BCUT2D eigenvalue weighted by atomic mass is 10.0. The van der Waals surface area contributed by atoms with Gasteiger partial charge in [0, 0.05) is 43.9 Å². The fourth-order valence-electron chi connectivity index (χ4n) is 4.03. The van der Waals surface area contributed by atoms with E-state index in [0.29, 0.717) is 24.3 Å². The van der Waals surface area contributed by atoms with Crippen LogP contribution in [-0.4, -0.2) is 48.3 Å². The van der Waals surface area contributed by atoms with Crippen LogP contribution < -0.4 is 0 Å². The SMILES string of the molecule is Cn1nc2c(c1-c1ccccc1)CCN(C(=O)c1cccn3cnnc13)CC2. The molecule has 0 saturated carbocycles. The average Bonchev–Trinajstić information content (AvgIpc) is 3.26. The molecule has 3 aromatic heterocycles. The van der Waals surface area contributed by atoms with Gasteiger partial charge >= 0.3 is 0 Å². The van der Waals surface area contributed by atoms with E-state index in [1.807, 2.05) is 53.2 Å². The Morgan fingerprint density at radius 1 is 1.04 bits per heavy atom. The summed E-state index contributed by atoms with van der Waals surface area (Å²) >= 11 is 0. The summed E-state index contributed by atoms with van der Waals surface area (Å²) in [5.74, 6) is -0.00520. The van der Waals surface area contributed by atoms with Gasteiger partial charge < -0.3 is 4.90 Å². The van der Waals surface area contributed by atoms with Crippen molar-refractivity contribution in [1.29, 1.82) is 0 Å². The molecule has 0 N–H and O–H groups in total. The summed E-state index contributed by atoms with van der Waals surface area (Å²) in [6, 6.07) is 14.0. The zero-order valence-electron chi connectivity index (χ0n) is 15.6. The molecule has 28 heavy (non-hydrogen) atoms. The molecule has 1 aliphatic heterocycles. The molecular weight excluding hydrogens is 352 g/mol. The van der Waals surface area contributed by atoms with E-state index in [9.17, 15) is 4.79 Å². The lowest BCUT2D eigenvalue weighted by Gasteiger charge is -2.20. The van der Waals surface area contributed by atoms with E-state index in [0.717, 1.165) is 29.8 Å². The van der Waals surface area contributed by atoms with Gasteiger partial charge in [-0.15, -0.1) is 10.2 Å². The van der Waals surface area contributed by atoms with Crippen molar-refractivity contribution >= 4 is 11.6 Å². The monoisotopic (exact) mass is 372 g/mol. The number of fused-ring (bicyclic) bond motifs is 2. The summed E-state index contributed by atoms with van der Waals surface area (Å²) in [5, 5.41) is 12.8. The lowest BCUT2D eigenvalue weighted by molar-refractivity contribution is 0.0764. The predicted octanol–water partition coefficient (Wildman–Crippen LogP) is 2.37. The van der Waals surface area contributed by atoms with Crippen LogP contribution in [0.15, 0.2) is 55.0 Å². The van der Waals surface area contributed by atoms with Crippen LogP contribution in [0.3, 0.4) is 0 Å². The van der Waals surface area contributed by atoms with Crippen molar-refractivity contribution in [2.45, 2.75) is 12.8 Å². The second-order valence-corrected chi connectivity index (χ2v) is 7.04. The molecule has 0 unspecified atom stereocenters. The molecule has 140 valence electrons. The zero-order chi connectivity index (χ0) is 19.1. The second-order valence-electron chi connectivity index (χ2n) is 7.04. The maximum Gasteiger partial charge on any atom is 0.257 e. The highest BCUT2D eigenvalue weighted by Gasteiger charge is 2.26. The summed E-state index contributed by atoms with van der Waals surface area (Å²) < 4.78 is 3.74. The van der Waals surface area contributed by atoms with E-state index in [1.54, 1.807) is 10.7 Å². The van der Waals surface area contributed by atoms with Crippen LogP contribution in [0.25, 0.3) is 16.9 Å². The highest BCUT2D eigenvalue weighted by atomic mass is 16.2. The number of pyridine rings is 1. The van der Waals surface area contributed by atoms with E-state index in [4.69, 9.17) is 5.10 Å². The quantitative estimate of drug-likeness (QED) is 0.542. The smallest absolute Gasteiger partial charge is 0.257 e. The number of aryl methyl sites for hydroxylation is 1. The zero-order valence-corrected chi connectivity index (χ0v) is 15.6. The molecule has 0 aliphatic carbocycles. The molecule has 5 rings (SSSR count). The Hall–Kier alpha value is -3.48. The first-order chi connectivity index (χ1) is 13.7. The summed E-state index contributed by atoms with van der Waals surface area (Å²) in [7, 11) is 1.99. The van der Waals surface area contributed by atoms with Gasteiger partial charge in [-0.1, -0.05) is 30.3 Å². The molecule has 0 fully saturated rings. The molecular formula is C21H20N6O. The highest BCUT2D eigenvalue weighted by molar-refractivity contribution is 5.99. The largest absolute Gasteiger partial charge is 0.338 e. The molecule has 0 saturated heterocycles.